The molecule has 2 N–H and O–H groups in total. The molecule has 2 aromatic rings. The van der Waals surface area contributed by atoms with Gasteiger partial charge in [0.2, 0.25) is 0 Å². The number of aromatic amines is 1. The molecule has 1 aromatic heterocycles. The maximum absolute atomic E-state index is 12.6. The Morgan fingerprint density at radius 3 is 2.50 bits per heavy atom. The predicted molar refractivity (Wildman–Crippen MR) is 130 cm³/mol. The van der Waals surface area contributed by atoms with Crippen LogP contribution in [0.25, 0.3) is 0 Å². The summed E-state index contributed by atoms with van der Waals surface area (Å²) in [7, 11) is 0. The molecule has 0 aliphatic heterocycles. The van der Waals surface area contributed by atoms with E-state index in [1.807, 2.05) is 6.07 Å². The Bertz CT molecular complexity index is 1020. The van der Waals surface area contributed by atoms with Crippen LogP contribution in [-0.4, -0.2) is 57.4 Å². The summed E-state index contributed by atoms with van der Waals surface area (Å²) < 4.78 is 15.9. The van der Waals surface area contributed by atoms with Crippen LogP contribution in [0.15, 0.2) is 55.3 Å². The Labute approximate surface area is 209 Å². The van der Waals surface area contributed by atoms with Crippen molar-refractivity contribution < 1.29 is 33.4 Å². The molecule has 0 saturated carbocycles. The van der Waals surface area contributed by atoms with Crippen molar-refractivity contribution in [2.24, 2.45) is 0 Å². The molecule has 1 heterocycles. The summed E-state index contributed by atoms with van der Waals surface area (Å²) in [6.07, 6.45) is 0.494. The molecule has 0 bridgehead atoms. The van der Waals surface area contributed by atoms with E-state index in [9.17, 15) is 19.2 Å². The lowest BCUT2D eigenvalue weighted by Gasteiger charge is -2.27. The number of hydrogen-bond donors (Lipinski definition) is 2. The van der Waals surface area contributed by atoms with Crippen molar-refractivity contribution >= 4 is 23.9 Å². The van der Waals surface area contributed by atoms with Gasteiger partial charge >= 0.3 is 18.2 Å². The summed E-state index contributed by atoms with van der Waals surface area (Å²) >= 11 is 0. The van der Waals surface area contributed by atoms with Gasteiger partial charge < -0.3 is 14.2 Å². The van der Waals surface area contributed by atoms with Gasteiger partial charge in [0.15, 0.2) is 0 Å². The summed E-state index contributed by atoms with van der Waals surface area (Å²) in [4.78, 5) is 49.7. The number of esters is 1. The maximum Gasteiger partial charge on any atom is 0.429 e. The lowest BCUT2D eigenvalue weighted by molar-refractivity contribution is -0.121. The fourth-order valence-corrected chi connectivity index (χ4v) is 2.91. The van der Waals surface area contributed by atoms with Gasteiger partial charge in [-0.15, -0.1) is 6.58 Å². The van der Waals surface area contributed by atoms with E-state index in [-0.39, 0.29) is 43.9 Å². The zero-order valence-corrected chi connectivity index (χ0v) is 20.7. The SMILES string of the molecule is C=CCC(CC(=O)CCN(NC(=O)OCc1ccccc1)C(=O)OC(C)(C)C)OC(=O)c1ccn[nH]1. The number of amides is 2. The lowest BCUT2D eigenvalue weighted by Crippen LogP contribution is -2.49. The number of carbonyl (C=O) groups is 4. The molecule has 0 saturated heterocycles. The van der Waals surface area contributed by atoms with Crippen molar-refractivity contribution in [3.05, 3.63) is 66.5 Å². The molecule has 11 heteroatoms. The highest BCUT2D eigenvalue weighted by molar-refractivity contribution is 5.87. The predicted octanol–water partition coefficient (Wildman–Crippen LogP) is 3.94. The number of aromatic nitrogens is 2. The third-order valence-corrected chi connectivity index (χ3v) is 4.55. The number of benzene rings is 1. The van der Waals surface area contributed by atoms with Gasteiger partial charge in [-0.1, -0.05) is 36.4 Å². The number of Topliss-reactive ketones (excluding diaryl/α,β-unsaturated/α-hetero) is 1. The number of H-pyrrole nitrogens is 1. The van der Waals surface area contributed by atoms with Crippen molar-refractivity contribution in [3.63, 3.8) is 0 Å². The molecule has 0 fully saturated rings. The normalized spacial score (nSPS) is 11.6. The first-order valence-electron chi connectivity index (χ1n) is 11.4. The first-order chi connectivity index (χ1) is 17.1. The zero-order valence-electron chi connectivity index (χ0n) is 20.7. The molecule has 1 aromatic carbocycles. The molecule has 0 spiro atoms. The highest BCUT2D eigenvalue weighted by atomic mass is 16.6. The van der Waals surface area contributed by atoms with Gasteiger partial charge in [0.25, 0.3) is 0 Å². The molecule has 0 aliphatic carbocycles. The Morgan fingerprint density at radius 1 is 1.17 bits per heavy atom. The van der Waals surface area contributed by atoms with Crippen LogP contribution in [0.3, 0.4) is 0 Å². The van der Waals surface area contributed by atoms with E-state index in [1.54, 1.807) is 45.0 Å². The first kappa shape index (κ1) is 28.1. The topological polar surface area (TPSA) is 140 Å². The number of hydrazine groups is 1. The van der Waals surface area contributed by atoms with Gasteiger partial charge in [-0.3, -0.25) is 9.89 Å². The number of carbonyl (C=O) groups excluding carboxylic acids is 4. The van der Waals surface area contributed by atoms with Crippen molar-refractivity contribution in [2.75, 3.05) is 6.54 Å². The van der Waals surface area contributed by atoms with Crippen LogP contribution >= 0.6 is 0 Å². The van der Waals surface area contributed by atoms with Crippen LogP contribution in [-0.2, 0) is 25.6 Å². The van der Waals surface area contributed by atoms with Crippen LogP contribution in [0.2, 0.25) is 0 Å². The maximum atomic E-state index is 12.6. The van der Waals surface area contributed by atoms with E-state index in [1.165, 1.54) is 18.3 Å². The van der Waals surface area contributed by atoms with Gasteiger partial charge in [0, 0.05) is 25.5 Å². The van der Waals surface area contributed by atoms with Crippen LogP contribution in [0.4, 0.5) is 9.59 Å². The molecular weight excluding hydrogens is 468 g/mol. The number of nitrogens with one attached hydrogen (secondary N) is 2. The average molecular weight is 501 g/mol. The van der Waals surface area contributed by atoms with Crippen LogP contribution in [0.1, 0.15) is 56.1 Å². The lowest BCUT2D eigenvalue weighted by atomic mass is 10.1. The fraction of sp³-hybridized carbons (Fsp3) is 0.400. The molecule has 1 atom stereocenters. The highest BCUT2D eigenvalue weighted by Gasteiger charge is 2.26. The van der Waals surface area contributed by atoms with Crippen molar-refractivity contribution in [1.82, 2.24) is 20.6 Å². The Kier molecular flexibility index (Phi) is 10.7. The molecule has 2 rings (SSSR count). The Balaban J connectivity index is 1.95. The summed E-state index contributed by atoms with van der Waals surface area (Å²) in [6, 6.07) is 10.5. The molecule has 0 radical (unpaired) electrons. The summed E-state index contributed by atoms with van der Waals surface area (Å²) in [5.74, 6) is -0.947. The van der Waals surface area contributed by atoms with Crippen LogP contribution in [0.5, 0.6) is 0 Å². The van der Waals surface area contributed by atoms with E-state index in [0.717, 1.165) is 10.6 Å². The van der Waals surface area contributed by atoms with E-state index < -0.39 is 29.9 Å². The first-order valence-corrected chi connectivity index (χ1v) is 11.4. The van der Waals surface area contributed by atoms with E-state index in [0.29, 0.717) is 0 Å². The average Bonchev–Trinajstić information content (AvgIpc) is 3.35. The second-order valence-electron chi connectivity index (χ2n) is 8.82. The van der Waals surface area contributed by atoms with Gasteiger partial charge in [0.05, 0.1) is 6.54 Å². The molecule has 2 amide bonds. The number of ether oxygens (including phenoxy) is 3. The van der Waals surface area contributed by atoms with Gasteiger partial charge in [-0.25, -0.2) is 24.8 Å². The Hall–Kier alpha value is -4.15. The van der Waals surface area contributed by atoms with Crippen LogP contribution < -0.4 is 5.43 Å². The summed E-state index contributed by atoms with van der Waals surface area (Å²) in [5, 5.41) is 7.08. The third-order valence-electron chi connectivity index (χ3n) is 4.55. The standard InChI is InChI=1S/C25H32N4O7/c1-5-9-20(35-22(31)21-12-14-26-27-21)16-19(30)13-15-29(24(33)36-25(2,3)4)28-23(32)34-17-18-10-7-6-8-11-18/h5-8,10-12,14,20H,1,9,13,15-17H2,2-4H3,(H,26,27)(H,28,32). The summed E-state index contributed by atoms with van der Waals surface area (Å²) in [6.45, 7) is 8.48. The van der Waals surface area contributed by atoms with Gasteiger partial charge in [-0.2, -0.15) is 5.10 Å². The van der Waals surface area contributed by atoms with Crippen molar-refractivity contribution in [2.45, 2.75) is 58.3 Å². The molecular formula is C25H32N4O7. The second-order valence-corrected chi connectivity index (χ2v) is 8.82. The molecule has 1 unspecified atom stereocenters. The molecule has 194 valence electrons. The van der Waals surface area contributed by atoms with Gasteiger partial charge in [0.1, 0.15) is 29.8 Å². The zero-order chi connectivity index (χ0) is 26.6. The number of rotatable bonds is 11. The summed E-state index contributed by atoms with van der Waals surface area (Å²) in [5.41, 5.74) is 2.42. The monoisotopic (exact) mass is 500 g/mol. The van der Waals surface area contributed by atoms with E-state index in [4.69, 9.17) is 14.2 Å². The minimum Gasteiger partial charge on any atom is -0.457 e. The third kappa shape index (κ3) is 10.4. The second kappa shape index (κ2) is 13.7. The quantitative estimate of drug-likeness (QED) is 0.205. The largest absolute Gasteiger partial charge is 0.457 e. The van der Waals surface area contributed by atoms with Crippen molar-refractivity contribution in [3.8, 4) is 0 Å². The van der Waals surface area contributed by atoms with E-state index in [2.05, 4.69) is 22.2 Å². The highest BCUT2D eigenvalue weighted by Crippen LogP contribution is 2.13. The minimum absolute atomic E-state index is 0.00129. The smallest absolute Gasteiger partial charge is 0.429 e. The Morgan fingerprint density at radius 2 is 1.89 bits per heavy atom. The van der Waals surface area contributed by atoms with Crippen LogP contribution in [0, 0.1) is 0 Å². The number of ketones is 1. The molecule has 11 nitrogen and oxygen atoms in total. The van der Waals surface area contributed by atoms with Crippen molar-refractivity contribution in [1.29, 1.82) is 0 Å². The molecule has 0 aliphatic rings. The van der Waals surface area contributed by atoms with Gasteiger partial charge in [-0.05, 0) is 32.4 Å². The van der Waals surface area contributed by atoms with E-state index >= 15 is 0 Å². The minimum atomic E-state index is -0.879. The molecule has 36 heavy (non-hydrogen) atoms. The fourth-order valence-electron chi connectivity index (χ4n) is 2.91. The number of nitrogens with zero attached hydrogens (tertiary/aromatic N) is 2. The number of hydrogen-bond acceptors (Lipinski definition) is 8.